The quantitative estimate of drug-likeness (QED) is 0.893. The highest BCUT2D eigenvalue weighted by Crippen LogP contribution is 2.23. The lowest BCUT2D eigenvalue weighted by atomic mass is 9.97. The number of rotatable bonds is 3. The van der Waals surface area contributed by atoms with Gasteiger partial charge in [-0.25, -0.2) is 0 Å². The van der Waals surface area contributed by atoms with Gasteiger partial charge >= 0.3 is 0 Å². The second kappa shape index (κ2) is 5.38. The molecule has 2 rings (SSSR count). The molecular weight excluding hydrogens is 236 g/mol. The van der Waals surface area contributed by atoms with Crippen LogP contribution in [0.15, 0.2) is 0 Å². The molecule has 17 heavy (non-hydrogen) atoms. The van der Waals surface area contributed by atoms with Crippen molar-refractivity contribution in [2.45, 2.75) is 26.3 Å². The summed E-state index contributed by atoms with van der Waals surface area (Å²) < 4.78 is 1.90. The Hall–Kier alpha value is -0.580. The van der Waals surface area contributed by atoms with Crippen molar-refractivity contribution in [2.24, 2.45) is 18.7 Å². The van der Waals surface area contributed by atoms with Crippen LogP contribution in [0.1, 0.15) is 24.2 Å². The second-order valence-corrected chi connectivity index (χ2v) is 5.30. The minimum absolute atomic E-state index is 0.704. The fraction of sp³-hybridized carbons (Fsp3) is 0.750. The fourth-order valence-corrected chi connectivity index (χ4v) is 2.66. The average Bonchev–Trinajstić information content (AvgIpc) is 2.57. The summed E-state index contributed by atoms with van der Waals surface area (Å²) in [5, 5.41) is 5.16. The highest BCUT2D eigenvalue weighted by molar-refractivity contribution is 6.31. The third kappa shape index (κ3) is 2.81. The van der Waals surface area contributed by atoms with Gasteiger partial charge in [0.2, 0.25) is 0 Å². The first-order valence-corrected chi connectivity index (χ1v) is 6.60. The van der Waals surface area contributed by atoms with Gasteiger partial charge in [-0.1, -0.05) is 11.6 Å². The molecule has 1 aromatic rings. The molecule has 0 saturated carbocycles. The third-order valence-electron chi connectivity index (χ3n) is 3.68. The first-order valence-electron chi connectivity index (χ1n) is 6.22. The Morgan fingerprint density at radius 2 is 2.06 bits per heavy atom. The zero-order valence-electron chi connectivity index (χ0n) is 10.6. The number of aromatic nitrogens is 2. The molecule has 4 nitrogen and oxygen atoms in total. The molecule has 1 aromatic heterocycles. The van der Waals surface area contributed by atoms with Gasteiger partial charge in [0.25, 0.3) is 0 Å². The molecule has 0 bridgehead atoms. The van der Waals surface area contributed by atoms with Crippen LogP contribution in [0.2, 0.25) is 5.02 Å². The number of likely N-dealkylation sites (tertiary alicyclic amines) is 1. The van der Waals surface area contributed by atoms with Gasteiger partial charge in [0, 0.05) is 13.6 Å². The van der Waals surface area contributed by atoms with E-state index >= 15 is 0 Å². The van der Waals surface area contributed by atoms with E-state index in [0.717, 1.165) is 42.6 Å². The summed E-state index contributed by atoms with van der Waals surface area (Å²) in [5.41, 5.74) is 7.74. The van der Waals surface area contributed by atoms with E-state index in [2.05, 4.69) is 10.00 Å². The van der Waals surface area contributed by atoms with Crippen LogP contribution in [-0.4, -0.2) is 34.3 Å². The summed E-state index contributed by atoms with van der Waals surface area (Å²) in [7, 11) is 1.96. The van der Waals surface area contributed by atoms with E-state index < -0.39 is 0 Å². The number of hydrogen-bond donors (Lipinski definition) is 1. The van der Waals surface area contributed by atoms with Crippen LogP contribution in [0, 0.1) is 12.8 Å². The van der Waals surface area contributed by atoms with Crippen molar-refractivity contribution in [3.8, 4) is 0 Å². The van der Waals surface area contributed by atoms with Crippen molar-refractivity contribution in [3.05, 3.63) is 16.4 Å². The normalized spacial score (nSPS) is 18.8. The zero-order chi connectivity index (χ0) is 12.4. The summed E-state index contributed by atoms with van der Waals surface area (Å²) in [6.07, 6.45) is 2.40. The van der Waals surface area contributed by atoms with E-state index in [-0.39, 0.29) is 0 Å². The first-order chi connectivity index (χ1) is 8.11. The van der Waals surface area contributed by atoms with Crippen molar-refractivity contribution in [1.82, 2.24) is 14.7 Å². The van der Waals surface area contributed by atoms with Crippen LogP contribution in [-0.2, 0) is 13.6 Å². The van der Waals surface area contributed by atoms with Gasteiger partial charge in [0.15, 0.2) is 0 Å². The van der Waals surface area contributed by atoms with Crippen LogP contribution in [0.25, 0.3) is 0 Å². The molecule has 0 radical (unpaired) electrons. The standard InChI is InChI=1S/C12H21ClN4/c1-9-12(13)11(16(2)15-9)8-17-5-3-10(7-14)4-6-17/h10H,3-8,14H2,1-2H3. The smallest absolute Gasteiger partial charge is 0.0860 e. The average molecular weight is 257 g/mol. The lowest BCUT2D eigenvalue weighted by molar-refractivity contribution is 0.177. The molecule has 0 spiro atoms. The molecule has 1 saturated heterocycles. The van der Waals surface area contributed by atoms with Gasteiger partial charge in [-0.3, -0.25) is 9.58 Å². The second-order valence-electron chi connectivity index (χ2n) is 4.92. The van der Waals surface area contributed by atoms with E-state index in [9.17, 15) is 0 Å². The summed E-state index contributed by atoms with van der Waals surface area (Å²) in [4.78, 5) is 2.44. The largest absolute Gasteiger partial charge is 0.330 e. The maximum absolute atomic E-state index is 6.26. The Morgan fingerprint density at radius 1 is 1.41 bits per heavy atom. The lowest BCUT2D eigenvalue weighted by Gasteiger charge is -2.31. The van der Waals surface area contributed by atoms with Crippen molar-refractivity contribution in [2.75, 3.05) is 19.6 Å². The number of aryl methyl sites for hydroxylation is 2. The van der Waals surface area contributed by atoms with E-state index in [1.54, 1.807) is 0 Å². The monoisotopic (exact) mass is 256 g/mol. The molecule has 0 atom stereocenters. The minimum Gasteiger partial charge on any atom is -0.330 e. The fourth-order valence-electron chi connectivity index (χ4n) is 2.44. The molecule has 96 valence electrons. The van der Waals surface area contributed by atoms with Crippen molar-refractivity contribution >= 4 is 11.6 Å². The molecular formula is C12H21ClN4. The third-order valence-corrected chi connectivity index (χ3v) is 4.17. The molecule has 0 aliphatic carbocycles. The van der Waals surface area contributed by atoms with E-state index in [1.165, 1.54) is 12.8 Å². The molecule has 0 aromatic carbocycles. The van der Waals surface area contributed by atoms with Crippen molar-refractivity contribution < 1.29 is 0 Å². The molecule has 1 aliphatic heterocycles. The number of nitrogens with two attached hydrogens (primary N) is 1. The van der Waals surface area contributed by atoms with E-state index in [1.807, 2.05) is 18.7 Å². The summed E-state index contributed by atoms with van der Waals surface area (Å²) in [6, 6.07) is 0. The Kier molecular flexibility index (Phi) is 4.07. The zero-order valence-corrected chi connectivity index (χ0v) is 11.4. The maximum atomic E-state index is 6.26. The minimum atomic E-state index is 0.704. The van der Waals surface area contributed by atoms with Gasteiger partial charge in [-0.15, -0.1) is 0 Å². The summed E-state index contributed by atoms with van der Waals surface area (Å²) >= 11 is 6.26. The SMILES string of the molecule is Cc1nn(C)c(CN2CCC(CN)CC2)c1Cl. The Morgan fingerprint density at radius 3 is 2.53 bits per heavy atom. The Bertz CT molecular complexity index is 380. The maximum Gasteiger partial charge on any atom is 0.0860 e. The van der Waals surface area contributed by atoms with Gasteiger partial charge in [-0.2, -0.15) is 5.10 Å². The van der Waals surface area contributed by atoms with Crippen LogP contribution in [0.3, 0.4) is 0 Å². The number of hydrogen-bond acceptors (Lipinski definition) is 3. The summed E-state index contributed by atoms with van der Waals surface area (Å²) in [5.74, 6) is 0.704. The van der Waals surface area contributed by atoms with Crippen LogP contribution < -0.4 is 5.73 Å². The Labute approximate surface area is 108 Å². The number of piperidine rings is 1. The first kappa shape index (κ1) is 12.9. The molecule has 5 heteroatoms. The molecule has 2 heterocycles. The topological polar surface area (TPSA) is 47.1 Å². The van der Waals surface area contributed by atoms with Crippen molar-refractivity contribution in [3.63, 3.8) is 0 Å². The predicted octanol–water partition coefficient (Wildman–Crippen LogP) is 1.55. The number of halogens is 1. The van der Waals surface area contributed by atoms with Crippen LogP contribution in [0.5, 0.6) is 0 Å². The highest BCUT2D eigenvalue weighted by Gasteiger charge is 2.20. The van der Waals surface area contributed by atoms with Crippen LogP contribution in [0.4, 0.5) is 0 Å². The lowest BCUT2D eigenvalue weighted by Crippen LogP contribution is -2.36. The molecule has 1 aliphatic rings. The van der Waals surface area contributed by atoms with E-state index in [0.29, 0.717) is 5.92 Å². The molecule has 0 amide bonds. The summed E-state index contributed by atoms with van der Waals surface area (Å²) in [6.45, 7) is 5.89. The van der Waals surface area contributed by atoms with Gasteiger partial charge in [0.1, 0.15) is 0 Å². The van der Waals surface area contributed by atoms with Gasteiger partial charge < -0.3 is 5.73 Å². The van der Waals surface area contributed by atoms with Crippen molar-refractivity contribution in [1.29, 1.82) is 0 Å². The number of nitrogens with zero attached hydrogens (tertiary/aromatic N) is 3. The molecule has 1 fully saturated rings. The predicted molar refractivity (Wildman–Crippen MR) is 70.0 cm³/mol. The van der Waals surface area contributed by atoms with Crippen LogP contribution >= 0.6 is 11.6 Å². The van der Waals surface area contributed by atoms with Gasteiger partial charge in [-0.05, 0) is 45.3 Å². The molecule has 2 N–H and O–H groups in total. The highest BCUT2D eigenvalue weighted by atomic mass is 35.5. The Balaban J connectivity index is 1.98. The van der Waals surface area contributed by atoms with Gasteiger partial charge in [0.05, 0.1) is 16.4 Å². The molecule has 0 unspecified atom stereocenters. The van der Waals surface area contributed by atoms with E-state index in [4.69, 9.17) is 17.3 Å².